The zero-order chi connectivity index (χ0) is 23.6. The minimum atomic E-state index is -0.520. The molecule has 0 aliphatic rings. The van der Waals surface area contributed by atoms with Crippen molar-refractivity contribution in [1.82, 2.24) is 10.3 Å². The predicted molar refractivity (Wildman–Crippen MR) is 129 cm³/mol. The van der Waals surface area contributed by atoms with Crippen LogP contribution in [0.3, 0.4) is 0 Å². The molecule has 3 rings (SSSR count). The standard InChI is InChI=1S/C26H32N2O4/c1-15-13-21(31-7)22(20-12-16(2)24(29)28-23(15)20)19-10-8-18(9-11-19)17(3)14-27-25(30)32-26(4,5)6/h8-13,17H,14H2,1-7H3,(H,27,30)(H,28,29). The number of H-pyrrole nitrogens is 1. The van der Waals surface area contributed by atoms with Crippen molar-refractivity contribution >= 4 is 17.0 Å². The van der Waals surface area contributed by atoms with Crippen molar-refractivity contribution in [3.63, 3.8) is 0 Å². The van der Waals surface area contributed by atoms with Gasteiger partial charge >= 0.3 is 6.09 Å². The molecule has 1 atom stereocenters. The number of pyridine rings is 1. The maximum Gasteiger partial charge on any atom is 0.407 e. The van der Waals surface area contributed by atoms with E-state index in [1.54, 1.807) is 14.0 Å². The van der Waals surface area contributed by atoms with Gasteiger partial charge in [-0.3, -0.25) is 4.79 Å². The van der Waals surface area contributed by atoms with Gasteiger partial charge in [-0.1, -0.05) is 31.2 Å². The lowest BCUT2D eigenvalue weighted by molar-refractivity contribution is 0.0525. The fourth-order valence-corrected chi connectivity index (χ4v) is 3.72. The number of alkyl carbamates (subject to hydrolysis) is 1. The number of carbonyl (C=O) groups is 1. The Labute approximate surface area is 189 Å². The molecular formula is C26H32N2O4. The van der Waals surface area contributed by atoms with Crippen molar-refractivity contribution in [2.45, 2.75) is 53.1 Å². The molecule has 2 aromatic carbocycles. The van der Waals surface area contributed by atoms with Crippen LogP contribution in [0.15, 0.2) is 41.2 Å². The van der Waals surface area contributed by atoms with Crippen molar-refractivity contribution in [3.8, 4) is 16.9 Å². The summed E-state index contributed by atoms with van der Waals surface area (Å²) in [6.45, 7) is 11.8. The smallest absolute Gasteiger partial charge is 0.407 e. The van der Waals surface area contributed by atoms with Crippen molar-refractivity contribution in [2.24, 2.45) is 0 Å². The summed E-state index contributed by atoms with van der Waals surface area (Å²) in [6, 6.07) is 12.1. The minimum Gasteiger partial charge on any atom is -0.496 e. The van der Waals surface area contributed by atoms with E-state index in [0.29, 0.717) is 12.1 Å². The predicted octanol–water partition coefficient (Wildman–Crippen LogP) is 5.45. The first-order valence-electron chi connectivity index (χ1n) is 10.8. The van der Waals surface area contributed by atoms with E-state index in [0.717, 1.165) is 38.9 Å². The maximum absolute atomic E-state index is 12.2. The van der Waals surface area contributed by atoms with Crippen LogP contribution < -0.4 is 15.6 Å². The number of benzene rings is 2. The van der Waals surface area contributed by atoms with Gasteiger partial charge in [-0.25, -0.2) is 4.79 Å². The topological polar surface area (TPSA) is 80.4 Å². The summed E-state index contributed by atoms with van der Waals surface area (Å²) in [5, 5.41) is 3.78. The molecule has 32 heavy (non-hydrogen) atoms. The van der Waals surface area contributed by atoms with Crippen molar-refractivity contribution in [3.05, 3.63) is 63.4 Å². The third-order valence-electron chi connectivity index (χ3n) is 5.42. The molecule has 1 aromatic heterocycles. The molecule has 0 saturated heterocycles. The van der Waals surface area contributed by atoms with E-state index < -0.39 is 11.7 Å². The highest BCUT2D eigenvalue weighted by atomic mass is 16.6. The SMILES string of the molecule is COc1cc(C)c2[nH]c(=O)c(C)cc2c1-c1ccc(C(C)CNC(=O)OC(C)(C)C)cc1. The average Bonchev–Trinajstić information content (AvgIpc) is 2.72. The Morgan fingerprint density at radius 1 is 1.09 bits per heavy atom. The first kappa shape index (κ1) is 23.4. The molecular weight excluding hydrogens is 404 g/mol. The second-order valence-electron chi connectivity index (χ2n) is 9.25. The summed E-state index contributed by atoms with van der Waals surface area (Å²) < 4.78 is 11.0. The number of hydrogen-bond acceptors (Lipinski definition) is 4. The first-order valence-corrected chi connectivity index (χ1v) is 10.8. The quantitative estimate of drug-likeness (QED) is 0.557. The Morgan fingerprint density at radius 2 is 1.75 bits per heavy atom. The molecule has 0 aliphatic heterocycles. The van der Waals surface area contributed by atoms with Gasteiger partial charge in [0.25, 0.3) is 5.56 Å². The zero-order valence-electron chi connectivity index (χ0n) is 19.9. The number of nitrogens with one attached hydrogen (secondary N) is 2. The maximum atomic E-state index is 12.2. The van der Waals surface area contributed by atoms with E-state index >= 15 is 0 Å². The van der Waals surface area contributed by atoms with Crippen LogP contribution in [-0.4, -0.2) is 30.3 Å². The first-order chi connectivity index (χ1) is 15.0. The lowest BCUT2D eigenvalue weighted by Gasteiger charge is -2.21. The molecule has 6 nitrogen and oxygen atoms in total. The van der Waals surface area contributed by atoms with E-state index in [2.05, 4.69) is 29.4 Å². The molecule has 0 aliphatic carbocycles. The van der Waals surface area contributed by atoms with E-state index in [9.17, 15) is 9.59 Å². The highest BCUT2D eigenvalue weighted by Gasteiger charge is 2.18. The van der Waals surface area contributed by atoms with Crippen LogP contribution in [0.1, 0.15) is 50.3 Å². The van der Waals surface area contributed by atoms with Crippen LogP contribution in [0.25, 0.3) is 22.0 Å². The van der Waals surface area contributed by atoms with Crippen LogP contribution in [0, 0.1) is 13.8 Å². The lowest BCUT2D eigenvalue weighted by atomic mass is 9.93. The number of ether oxygens (including phenoxy) is 2. The van der Waals surface area contributed by atoms with Crippen LogP contribution in [0.2, 0.25) is 0 Å². The lowest BCUT2D eigenvalue weighted by Crippen LogP contribution is -2.34. The van der Waals surface area contributed by atoms with Crippen molar-refractivity contribution in [2.75, 3.05) is 13.7 Å². The van der Waals surface area contributed by atoms with E-state index in [1.807, 2.05) is 52.0 Å². The van der Waals surface area contributed by atoms with Crippen LogP contribution in [0.5, 0.6) is 5.75 Å². The number of aryl methyl sites for hydroxylation is 2. The number of fused-ring (bicyclic) bond motifs is 1. The van der Waals surface area contributed by atoms with Crippen LogP contribution in [0.4, 0.5) is 4.79 Å². The zero-order valence-corrected chi connectivity index (χ0v) is 19.9. The molecule has 0 radical (unpaired) electrons. The van der Waals surface area contributed by atoms with Gasteiger partial charge in [0.2, 0.25) is 0 Å². The van der Waals surface area contributed by atoms with E-state index in [1.165, 1.54) is 0 Å². The van der Waals surface area contributed by atoms with Crippen molar-refractivity contribution in [1.29, 1.82) is 0 Å². The monoisotopic (exact) mass is 436 g/mol. The molecule has 1 amide bonds. The third kappa shape index (κ3) is 5.13. The normalized spacial score (nSPS) is 12.5. The molecule has 0 fully saturated rings. The highest BCUT2D eigenvalue weighted by molar-refractivity contribution is 5.99. The van der Waals surface area contributed by atoms with Gasteiger partial charge in [0.05, 0.1) is 12.6 Å². The van der Waals surface area contributed by atoms with Gasteiger partial charge in [0, 0.05) is 23.1 Å². The number of amides is 1. The molecule has 3 aromatic rings. The number of methoxy groups -OCH3 is 1. The summed E-state index contributed by atoms with van der Waals surface area (Å²) in [4.78, 5) is 27.1. The number of hydrogen-bond donors (Lipinski definition) is 2. The third-order valence-corrected chi connectivity index (χ3v) is 5.42. The van der Waals surface area contributed by atoms with Crippen LogP contribution in [-0.2, 0) is 4.74 Å². The Kier molecular flexibility index (Phi) is 6.63. The second-order valence-corrected chi connectivity index (χ2v) is 9.25. The molecule has 6 heteroatoms. The second kappa shape index (κ2) is 9.07. The summed E-state index contributed by atoms with van der Waals surface area (Å²) in [5.41, 5.74) is 4.86. The largest absolute Gasteiger partial charge is 0.496 e. The molecule has 170 valence electrons. The van der Waals surface area contributed by atoms with E-state index in [4.69, 9.17) is 9.47 Å². The average molecular weight is 437 g/mol. The Hall–Kier alpha value is -3.28. The molecule has 0 bridgehead atoms. The van der Waals surface area contributed by atoms with Gasteiger partial charge < -0.3 is 19.8 Å². The van der Waals surface area contributed by atoms with Gasteiger partial charge in [-0.15, -0.1) is 0 Å². The summed E-state index contributed by atoms with van der Waals surface area (Å²) >= 11 is 0. The molecule has 0 saturated carbocycles. The number of carbonyl (C=O) groups excluding carboxylic acids is 1. The Balaban J connectivity index is 1.90. The Bertz CT molecular complexity index is 1190. The molecule has 1 unspecified atom stereocenters. The fraction of sp³-hybridized carbons (Fsp3) is 0.385. The van der Waals surface area contributed by atoms with Gasteiger partial charge in [-0.2, -0.15) is 0 Å². The van der Waals surface area contributed by atoms with Gasteiger partial charge in [0.15, 0.2) is 0 Å². The number of aromatic nitrogens is 1. The number of aromatic amines is 1. The Morgan fingerprint density at radius 3 is 2.34 bits per heavy atom. The fourth-order valence-electron chi connectivity index (χ4n) is 3.72. The minimum absolute atomic E-state index is 0.0848. The van der Waals surface area contributed by atoms with E-state index in [-0.39, 0.29) is 11.5 Å². The number of rotatable bonds is 5. The summed E-state index contributed by atoms with van der Waals surface area (Å²) in [6.07, 6.45) is -0.416. The summed E-state index contributed by atoms with van der Waals surface area (Å²) in [5.74, 6) is 0.876. The van der Waals surface area contributed by atoms with Gasteiger partial charge in [-0.05, 0) is 69.4 Å². The van der Waals surface area contributed by atoms with Crippen LogP contribution >= 0.6 is 0 Å². The van der Waals surface area contributed by atoms with Gasteiger partial charge in [0.1, 0.15) is 11.4 Å². The highest BCUT2D eigenvalue weighted by Crippen LogP contribution is 2.38. The van der Waals surface area contributed by atoms with Crippen molar-refractivity contribution < 1.29 is 14.3 Å². The summed E-state index contributed by atoms with van der Waals surface area (Å²) in [7, 11) is 1.65. The molecule has 1 heterocycles. The molecule has 2 N–H and O–H groups in total. The molecule has 0 spiro atoms.